The highest BCUT2D eigenvalue weighted by atomic mass is 32.2. The molecule has 1 aromatic heterocycles. The summed E-state index contributed by atoms with van der Waals surface area (Å²) in [7, 11) is 0. The number of nitrogens with zero attached hydrogens (tertiary/aromatic N) is 1. The van der Waals surface area contributed by atoms with Gasteiger partial charge in [0, 0.05) is 16.8 Å². The Morgan fingerprint density at radius 3 is 2.71 bits per heavy atom. The van der Waals surface area contributed by atoms with Crippen LogP contribution in [-0.4, -0.2) is 4.98 Å². The molecule has 17 heavy (non-hydrogen) atoms. The molecule has 0 spiro atoms. The lowest BCUT2D eigenvalue weighted by atomic mass is 10.2. The highest BCUT2D eigenvalue weighted by Gasteiger charge is 1.99. The quantitative estimate of drug-likeness (QED) is 0.494. The largest absolute Gasteiger partial charge is 0.308 e. The molecule has 4 heteroatoms. The van der Waals surface area contributed by atoms with Crippen LogP contribution in [0, 0.1) is 6.92 Å². The van der Waals surface area contributed by atoms with Crippen LogP contribution in [0.3, 0.4) is 0 Å². The lowest BCUT2D eigenvalue weighted by Crippen LogP contribution is -2.08. The van der Waals surface area contributed by atoms with Crippen molar-refractivity contribution in [3.05, 3.63) is 53.7 Å². The van der Waals surface area contributed by atoms with Gasteiger partial charge in [-0.05, 0) is 30.2 Å². The van der Waals surface area contributed by atoms with Gasteiger partial charge in [0.25, 0.3) is 0 Å². The molecule has 0 fully saturated rings. The summed E-state index contributed by atoms with van der Waals surface area (Å²) in [6.45, 7) is 2.13. The predicted octanol–water partition coefficient (Wildman–Crippen LogP) is 2.97. The average Bonchev–Trinajstić information content (AvgIpc) is 2.38. The lowest BCUT2D eigenvalue weighted by molar-refractivity contribution is 1.19. The number of hydrogen-bond acceptors (Lipinski definition) is 4. The van der Waals surface area contributed by atoms with Crippen LogP contribution in [0.15, 0.2) is 47.5 Å². The Balaban J connectivity index is 2.00. The summed E-state index contributed by atoms with van der Waals surface area (Å²) in [6, 6.07) is 12.3. The van der Waals surface area contributed by atoms with Crippen molar-refractivity contribution in [1.29, 1.82) is 0 Å². The van der Waals surface area contributed by atoms with Crippen LogP contribution in [-0.2, 0) is 5.75 Å². The number of thioether (sulfide) groups is 1. The third-order valence-electron chi connectivity index (χ3n) is 2.46. The second kappa shape index (κ2) is 5.70. The summed E-state index contributed by atoms with van der Waals surface area (Å²) in [4.78, 5) is 5.50. The first-order chi connectivity index (χ1) is 8.29. The molecule has 3 N–H and O–H groups in total. The number of nitrogens with one attached hydrogen (secondary N) is 1. The first-order valence-electron chi connectivity index (χ1n) is 5.39. The number of hydrogen-bond donors (Lipinski definition) is 2. The van der Waals surface area contributed by atoms with Gasteiger partial charge in [-0.1, -0.05) is 24.3 Å². The van der Waals surface area contributed by atoms with E-state index >= 15 is 0 Å². The van der Waals surface area contributed by atoms with Crippen molar-refractivity contribution in [2.24, 2.45) is 5.84 Å². The van der Waals surface area contributed by atoms with Crippen LogP contribution in [0.25, 0.3) is 0 Å². The minimum absolute atomic E-state index is 0.689. The molecule has 0 bridgehead atoms. The van der Waals surface area contributed by atoms with Gasteiger partial charge in [0.05, 0.1) is 0 Å². The SMILES string of the molecule is Cc1ccccc1SCc1ccc(NN)nc1. The Hall–Kier alpha value is -1.52. The summed E-state index contributed by atoms with van der Waals surface area (Å²) in [6.07, 6.45) is 1.85. The van der Waals surface area contributed by atoms with Crippen molar-refractivity contribution >= 4 is 17.6 Å². The van der Waals surface area contributed by atoms with Gasteiger partial charge in [0.1, 0.15) is 5.82 Å². The second-order valence-electron chi connectivity index (χ2n) is 3.75. The fraction of sp³-hybridized carbons (Fsp3) is 0.154. The maximum Gasteiger partial charge on any atom is 0.139 e. The minimum atomic E-state index is 0.689. The standard InChI is InChI=1S/C13H15N3S/c1-10-4-2-3-5-12(10)17-9-11-6-7-13(16-14)15-8-11/h2-8H,9,14H2,1H3,(H,15,16). The molecule has 0 unspecified atom stereocenters. The van der Waals surface area contributed by atoms with E-state index < -0.39 is 0 Å². The van der Waals surface area contributed by atoms with E-state index in [-0.39, 0.29) is 0 Å². The summed E-state index contributed by atoms with van der Waals surface area (Å²) in [5.74, 6) is 6.88. The summed E-state index contributed by atoms with van der Waals surface area (Å²) >= 11 is 1.82. The van der Waals surface area contributed by atoms with Crippen molar-refractivity contribution < 1.29 is 0 Å². The highest BCUT2D eigenvalue weighted by Crippen LogP contribution is 2.25. The number of anilines is 1. The molecule has 0 aliphatic carbocycles. The van der Waals surface area contributed by atoms with Gasteiger partial charge in [-0.15, -0.1) is 11.8 Å². The molecule has 0 amide bonds. The lowest BCUT2D eigenvalue weighted by Gasteiger charge is -2.05. The van der Waals surface area contributed by atoms with Crippen LogP contribution in [0.1, 0.15) is 11.1 Å². The molecule has 0 aliphatic rings. The van der Waals surface area contributed by atoms with E-state index in [0.29, 0.717) is 5.82 Å². The number of nitrogen functional groups attached to an aromatic ring is 1. The number of pyridine rings is 1. The Kier molecular flexibility index (Phi) is 4.01. The van der Waals surface area contributed by atoms with E-state index in [1.165, 1.54) is 16.0 Å². The molecule has 0 saturated heterocycles. The van der Waals surface area contributed by atoms with Gasteiger partial charge >= 0.3 is 0 Å². The fourth-order valence-electron chi connectivity index (χ4n) is 1.47. The van der Waals surface area contributed by atoms with E-state index in [9.17, 15) is 0 Å². The smallest absolute Gasteiger partial charge is 0.139 e. The normalized spacial score (nSPS) is 10.2. The Labute approximate surface area is 105 Å². The summed E-state index contributed by atoms with van der Waals surface area (Å²) in [5, 5.41) is 0. The van der Waals surface area contributed by atoms with Gasteiger partial charge in [-0.25, -0.2) is 10.8 Å². The van der Waals surface area contributed by atoms with E-state index in [4.69, 9.17) is 5.84 Å². The second-order valence-corrected chi connectivity index (χ2v) is 4.77. The van der Waals surface area contributed by atoms with Crippen LogP contribution < -0.4 is 11.3 Å². The van der Waals surface area contributed by atoms with Crippen molar-refractivity contribution in [2.75, 3.05) is 5.43 Å². The Morgan fingerprint density at radius 1 is 1.24 bits per heavy atom. The van der Waals surface area contributed by atoms with E-state index in [2.05, 4.69) is 41.6 Å². The number of benzene rings is 1. The summed E-state index contributed by atoms with van der Waals surface area (Å²) < 4.78 is 0. The zero-order valence-electron chi connectivity index (χ0n) is 9.68. The average molecular weight is 245 g/mol. The predicted molar refractivity (Wildman–Crippen MR) is 72.8 cm³/mol. The maximum absolute atomic E-state index is 5.27. The third kappa shape index (κ3) is 3.22. The highest BCUT2D eigenvalue weighted by molar-refractivity contribution is 7.98. The Morgan fingerprint density at radius 2 is 2.06 bits per heavy atom. The molecule has 3 nitrogen and oxygen atoms in total. The van der Waals surface area contributed by atoms with Crippen molar-refractivity contribution in [2.45, 2.75) is 17.6 Å². The number of aryl methyl sites for hydroxylation is 1. The van der Waals surface area contributed by atoms with Crippen LogP contribution in [0.5, 0.6) is 0 Å². The third-order valence-corrected chi connectivity index (χ3v) is 3.71. The Bertz CT molecular complexity index is 482. The zero-order chi connectivity index (χ0) is 12.1. The van der Waals surface area contributed by atoms with Crippen LogP contribution in [0.2, 0.25) is 0 Å². The fourth-order valence-corrected chi connectivity index (χ4v) is 2.44. The van der Waals surface area contributed by atoms with Crippen LogP contribution >= 0.6 is 11.8 Å². The molecule has 0 saturated carbocycles. The van der Waals surface area contributed by atoms with E-state index in [1.807, 2.05) is 30.1 Å². The molecule has 1 heterocycles. The molecular formula is C13H15N3S. The van der Waals surface area contributed by atoms with E-state index in [0.717, 1.165) is 5.75 Å². The molecule has 0 aliphatic heterocycles. The van der Waals surface area contributed by atoms with Gasteiger partial charge < -0.3 is 5.43 Å². The first-order valence-corrected chi connectivity index (χ1v) is 6.38. The van der Waals surface area contributed by atoms with Crippen molar-refractivity contribution in [3.63, 3.8) is 0 Å². The van der Waals surface area contributed by atoms with E-state index in [1.54, 1.807) is 0 Å². The van der Waals surface area contributed by atoms with Gasteiger partial charge in [-0.3, -0.25) is 0 Å². The number of aromatic nitrogens is 1. The van der Waals surface area contributed by atoms with Crippen molar-refractivity contribution in [1.82, 2.24) is 4.98 Å². The topological polar surface area (TPSA) is 50.9 Å². The monoisotopic (exact) mass is 245 g/mol. The summed E-state index contributed by atoms with van der Waals surface area (Å²) in [5.41, 5.74) is 5.02. The van der Waals surface area contributed by atoms with Crippen molar-refractivity contribution in [3.8, 4) is 0 Å². The molecule has 0 radical (unpaired) electrons. The molecule has 88 valence electrons. The zero-order valence-corrected chi connectivity index (χ0v) is 10.5. The molecule has 2 aromatic rings. The number of rotatable bonds is 4. The number of nitrogens with two attached hydrogens (primary N) is 1. The molecule has 1 aromatic carbocycles. The van der Waals surface area contributed by atoms with Gasteiger partial charge in [0.2, 0.25) is 0 Å². The first kappa shape index (κ1) is 12.0. The maximum atomic E-state index is 5.27. The van der Waals surface area contributed by atoms with Gasteiger partial charge in [-0.2, -0.15) is 0 Å². The molecule has 2 rings (SSSR count). The van der Waals surface area contributed by atoms with Crippen LogP contribution in [0.4, 0.5) is 5.82 Å². The molecular weight excluding hydrogens is 230 g/mol. The minimum Gasteiger partial charge on any atom is -0.308 e. The number of hydrazine groups is 1. The van der Waals surface area contributed by atoms with Gasteiger partial charge in [0.15, 0.2) is 0 Å². The molecule has 0 atom stereocenters.